The molecule has 0 fully saturated rings. The van der Waals surface area contributed by atoms with E-state index < -0.39 is 0 Å². The normalized spacial score (nSPS) is 8.33. The first-order chi connectivity index (χ1) is 5.70. The predicted octanol–water partition coefficient (Wildman–Crippen LogP) is -0.738. The van der Waals surface area contributed by atoms with Crippen LogP contribution in [0.15, 0.2) is 0 Å². The molecule has 0 aliphatic rings. The van der Waals surface area contributed by atoms with Crippen LogP contribution >= 0.6 is 0 Å². The summed E-state index contributed by atoms with van der Waals surface area (Å²) in [6.45, 7) is 1.91. The number of hydrogen-bond acceptors (Lipinski definition) is 2. The molecule has 66 valence electrons. The van der Waals surface area contributed by atoms with Crippen LogP contribution in [0.5, 0.6) is 0 Å². The molecule has 4 heteroatoms. The van der Waals surface area contributed by atoms with Crippen molar-refractivity contribution in [1.29, 1.82) is 0 Å². The van der Waals surface area contributed by atoms with Crippen molar-refractivity contribution in [2.45, 2.75) is 13.3 Å². The Morgan fingerprint density at radius 3 is 2.50 bits per heavy atom. The number of hydrogen-bond donors (Lipinski definition) is 2. The quantitative estimate of drug-likeness (QED) is 0.543. The van der Waals surface area contributed by atoms with Crippen LogP contribution in [0.4, 0.5) is 0 Å². The van der Waals surface area contributed by atoms with Gasteiger partial charge in [-0.3, -0.25) is 9.59 Å². The van der Waals surface area contributed by atoms with Gasteiger partial charge in [0.1, 0.15) is 0 Å². The molecule has 0 saturated heterocycles. The number of amides is 2. The van der Waals surface area contributed by atoms with E-state index in [4.69, 9.17) is 6.42 Å². The number of carbonyl (C=O) groups is 2. The van der Waals surface area contributed by atoms with Crippen LogP contribution in [-0.2, 0) is 9.59 Å². The highest BCUT2D eigenvalue weighted by atomic mass is 16.2. The second kappa shape index (κ2) is 6.23. The minimum atomic E-state index is -0.269. The molecule has 4 nitrogen and oxygen atoms in total. The van der Waals surface area contributed by atoms with Crippen LogP contribution in [0.3, 0.4) is 0 Å². The maximum Gasteiger partial charge on any atom is 0.240 e. The molecule has 0 unspecified atom stereocenters. The molecule has 0 spiro atoms. The Bertz CT molecular complexity index is 206. The average Bonchev–Trinajstić information content (AvgIpc) is 2.10. The largest absolute Gasteiger partial charge is 0.347 e. The smallest absolute Gasteiger partial charge is 0.240 e. The number of nitrogens with one attached hydrogen (secondary N) is 2. The van der Waals surface area contributed by atoms with E-state index in [2.05, 4.69) is 16.6 Å². The zero-order valence-electron chi connectivity index (χ0n) is 7.02. The second-order valence-electron chi connectivity index (χ2n) is 2.11. The fourth-order valence-electron chi connectivity index (χ4n) is 0.516. The Morgan fingerprint density at radius 2 is 2.00 bits per heavy atom. The lowest BCUT2D eigenvalue weighted by molar-refractivity contribution is -0.125. The van der Waals surface area contributed by atoms with Crippen LogP contribution in [0.2, 0.25) is 0 Å². The minimum absolute atomic E-state index is 0.00560. The lowest BCUT2D eigenvalue weighted by Crippen LogP contribution is -2.36. The standard InChI is InChI=1S/C8H12N2O2/c1-3-5-9-8(12)6-10-7(11)4-2/h1H,4-6H2,2H3,(H,9,12)(H,10,11). The minimum Gasteiger partial charge on any atom is -0.347 e. The lowest BCUT2D eigenvalue weighted by atomic mass is 10.4. The summed E-state index contributed by atoms with van der Waals surface area (Å²) in [6, 6.07) is 0. The molecular formula is C8H12N2O2. The fraction of sp³-hybridized carbons (Fsp3) is 0.500. The highest BCUT2D eigenvalue weighted by Crippen LogP contribution is 1.73. The van der Waals surface area contributed by atoms with Gasteiger partial charge < -0.3 is 10.6 Å². The van der Waals surface area contributed by atoms with Crippen LogP contribution in [0, 0.1) is 12.3 Å². The van der Waals surface area contributed by atoms with Crippen LogP contribution in [0.25, 0.3) is 0 Å². The molecule has 0 aromatic rings. The van der Waals surface area contributed by atoms with Crippen molar-refractivity contribution in [3.8, 4) is 12.3 Å². The number of terminal acetylenes is 1. The molecule has 0 saturated carbocycles. The Labute approximate surface area is 71.7 Å². The molecule has 0 aromatic carbocycles. The van der Waals surface area contributed by atoms with E-state index in [1.807, 2.05) is 0 Å². The molecule has 0 rings (SSSR count). The molecule has 0 atom stereocenters. The topological polar surface area (TPSA) is 58.2 Å². The summed E-state index contributed by atoms with van der Waals surface area (Å²) in [5, 5.41) is 4.84. The average molecular weight is 168 g/mol. The van der Waals surface area contributed by atoms with Gasteiger partial charge in [-0.2, -0.15) is 0 Å². The molecule has 2 amide bonds. The Balaban J connectivity index is 3.45. The summed E-state index contributed by atoms with van der Waals surface area (Å²) in [6.07, 6.45) is 5.28. The fourth-order valence-corrected chi connectivity index (χ4v) is 0.516. The van der Waals surface area contributed by atoms with E-state index in [0.717, 1.165) is 0 Å². The van der Waals surface area contributed by atoms with Gasteiger partial charge in [-0.1, -0.05) is 12.8 Å². The van der Waals surface area contributed by atoms with Crippen molar-refractivity contribution in [3.05, 3.63) is 0 Å². The Kier molecular flexibility index (Phi) is 5.45. The van der Waals surface area contributed by atoms with Gasteiger partial charge in [-0.15, -0.1) is 6.42 Å². The van der Waals surface area contributed by atoms with Crippen LogP contribution < -0.4 is 10.6 Å². The number of carbonyl (C=O) groups excluding carboxylic acids is 2. The molecule has 0 aliphatic heterocycles. The molecule has 0 bridgehead atoms. The highest BCUT2D eigenvalue weighted by Gasteiger charge is 2.00. The molecule has 0 aromatic heterocycles. The van der Waals surface area contributed by atoms with E-state index in [9.17, 15) is 9.59 Å². The lowest BCUT2D eigenvalue weighted by Gasteiger charge is -2.02. The van der Waals surface area contributed by atoms with Crippen molar-refractivity contribution in [3.63, 3.8) is 0 Å². The zero-order chi connectivity index (χ0) is 9.40. The van der Waals surface area contributed by atoms with Crippen molar-refractivity contribution < 1.29 is 9.59 Å². The summed E-state index contributed by atoms with van der Waals surface area (Å²) in [7, 11) is 0. The maximum atomic E-state index is 10.8. The zero-order valence-corrected chi connectivity index (χ0v) is 7.02. The third-order valence-corrected chi connectivity index (χ3v) is 1.15. The summed E-state index contributed by atoms with van der Waals surface area (Å²) in [5.41, 5.74) is 0. The number of rotatable bonds is 4. The first kappa shape index (κ1) is 10.5. The van der Waals surface area contributed by atoms with Gasteiger partial charge in [0.05, 0.1) is 13.1 Å². The Hall–Kier alpha value is -1.50. The van der Waals surface area contributed by atoms with E-state index in [1.54, 1.807) is 6.92 Å². The van der Waals surface area contributed by atoms with Gasteiger partial charge in [0.15, 0.2) is 0 Å². The first-order valence-electron chi connectivity index (χ1n) is 3.67. The maximum absolute atomic E-state index is 10.8. The molecule has 0 radical (unpaired) electrons. The van der Waals surface area contributed by atoms with Crippen molar-refractivity contribution in [2.75, 3.05) is 13.1 Å². The molecular weight excluding hydrogens is 156 g/mol. The third kappa shape index (κ3) is 5.30. The van der Waals surface area contributed by atoms with Gasteiger partial charge in [0.25, 0.3) is 0 Å². The summed E-state index contributed by atoms with van der Waals surface area (Å²) in [4.78, 5) is 21.5. The van der Waals surface area contributed by atoms with E-state index >= 15 is 0 Å². The molecule has 0 heterocycles. The van der Waals surface area contributed by atoms with Crippen LogP contribution in [0.1, 0.15) is 13.3 Å². The summed E-state index contributed by atoms with van der Waals surface area (Å²) >= 11 is 0. The van der Waals surface area contributed by atoms with Gasteiger partial charge >= 0.3 is 0 Å². The molecule has 12 heavy (non-hydrogen) atoms. The summed E-state index contributed by atoms with van der Waals surface area (Å²) < 4.78 is 0. The van der Waals surface area contributed by atoms with Gasteiger partial charge in [0, 0.05) is 6.42 Å². The van der Waals surface area contributed by atoms with Gasteiger partial charge in [-0.25, -0.2) is 0 Å². The predicted molar refractivity (Wildman–Crippen MR) is 45.1 cm³/mol. The van der Waals surface area contributed by atoms with Crippen molar-refractivity contribution in [2.24, 2.45) is 0 Å². The monoisotopic (exact) mass is 168 g/mol. The SMILES string of the molecule is C#CCNC(=O)CNC(=O)CC. The van der Waals surface area contributed by atoms with Gasteiger partial charge in [0.2, 0.25) is 11.8 Å². The highest BCUT2D eigenvalue weighted by molar-refractivity contribution is 5.84. The van der Waals surface area contributed by atoms with Crippen LogP contribution in [-0.4, -0.2) is 24.9 Å². The van der Waals surface area contributed by atoms with E-state index in [1.165, 1.54) is 0 Å². The molecule has 2 N–H and O–H groups in total. The second-order valence-corrected chi connectivity index (χ2v) is 2.11. The Morgan fingerprint density at radius 1 is 1.33 bits per heavy atom. The third-order valence-electron chi connectivity index (χ3n) is 1.15. The first-order valence-corrected chi connectivity index (χ1v) is 3.67. The summed E-state index contributed by atoms with van der Waals surface area (Å²) in [5.74, 6) is 1.84. The van der Waals surface area contributed by atoms with Crippen molar-refractivity contribution >= 4 is 11.8 Å². The molecule has 0 aliphatic carbocycles. The van der Waals surface area contributed by atoms with Crippen molar-refractivity contribution in [1.82, 2.24) is 10.6 Å². The van der Waals surface area contributed by atoms with Gasteiger partial charge in [-0.05, 0) is 0 Å². The van der Waals surface area contributed by atoms with E-state index in [0.29, 0.717) is 6.42 Å². The van der Waals surface area contributed by atoms with E-state index in [-0.39, 0.29) is 24.9 Å².